The lowest BCUT2D eigenvalue weighted by Crippen LogP contribution is -2.25. The van der Waals surface area contributed by atoms with Crippen LogP contribution in [-0.2, 0) is 14.3 Å². The van der Waals surface area contributed by atoms with Crippen LogP contribution < -0.4 is 5.32 Å². The standard InChI is InChI=1S/C31H22BrN5O5/c32-26-18-25(37(40)41)14-15-27(26)34-31(39)30(21-8-3-1-4-9-21)42-28(38)16-13-23-20-36(24-11-5-2-6-12-24)35-29(23)22-10-7-17-33-19-22/h1-20,30H,(H,34,39)/b16-13+. The van der Waals surface area contributed by atoms with Crippen molar-refractivity contribution in [1.29, 1.82) is 0 Å². The maximum absolute atomic E-state index is 13.3. The molecule has 3 aromatic carbocycles. The third-order valence-corrected chi connectivity index (χ3v) is 6.75. The number of anilines is 1. The quantitative estimate of drug-likeness (QED) is 0.0853. The molecule has 0 fully saturated rings. The Balaban J connectivity index is 1.40. The first-order valence-electron chi connectivity index (χ1n) is 12.6. The average Bonchev–Trinajstić information content (AvgIpc) is 3.45. The topological polar surface area (TPSA) is 129 Å². The molecule has 11 heteroatoms. The van der Waals surface area contributed by atoms with E-state index in [1.165, 1.54) is 24.3 Å². The van der Waals surface area contributed by atoms with Gasteiger partial charge in [-0.1, -0.05) is 48.5 Å². The SMILES string of the molecule is O=C(/C=C/c1cn(-c2ccccc2)nc1-c1cccnc1)OC(C(=O)Nc1ccc([N+](=O)[O-])cc1Br)c1ccccc1. The fourth-order valence-corrected chi connectivity index (χ4v) is 4.55. The number of nitro groups is 1. The van der Waals surface area contributed by atoms with Gasteiger partial charge in [-0.15, -0.1) is 0 Å². The van der Waals surface area contributed by atoms with E-state index in [9.17, 15) is 19.7 Å². The minimum Gasteiger partial charge on any atom is -0.444 e. The molecule has 0 radical (unpaired) electrons. The van der Waals surface area contributed by atoms with Gasteiger partial charge in [-0.25, -0.2) is 9.48 Å². The van der Waals surface area contributed by atoms with Crippen LogP contribution in [0.25, 0.3) is 23.0 Å². The van der Waals surface area contributed by atoms with Gasteiger partial charge >= 0.3 is 5.97 Å². The molecule has 1 amide bonds. The molecule has 0 saturated heterocycles. The molecule has 10 nitrogen and oxygen atoms in total. The molecular weight excluding hydrogens is 602 g/mol. The van der Waals surface area contributed by atoms with Crippen LogP contribution in [0.5, 0.6) is 0 Å². The number of ether oxygens (including phenoxy) is 1. The Hall–Kier alpha value is -5.42. The largest absolute Gasteiger partial charge is 0.444 e. The second-order valence-corrected chi connectivity index (χ2v) is 9.78. The maximum Gasteiger partial charge on any atom is 0.331 e. The number of aromatic nitrogens is 3. The predicted molar refractivity (Wildman–Crippen MR) is 161 cm³/mol. The third kappa shape index (κ3) is 6.65. The van der Waals surface area contributed by atoms with Gasteiger partial charge in [0, 0.05) is 58.0 Å². The lowest BCUT2D eigenvalue weighted by Gasteiger charge is -2.18. The van der Waals surface area contributed by atoms with Crippen LogP contribution in [0.2, 0.25) is 0 Å². The Morgan fingerprint density at radius 3 is 2.40 bits per heavy atom. The number of para-hydroxylation sites is 1. The summed E-state index contributed by atoms with van der Waals surface area (Å²) in [4.78, 5) is 41.1. The van der Waals surface area contributed by atoms with Crippen molar-refractivity contribution >= 4 is 45.3 Å². The summed E-state index contributed by atoms with van der Waals surface area (Å²) in [6.07, 6.45) is 6.64. The molecule has 2 heterocycles. The van der Waals surface area contributed by atoms with Crippen molar-refractivity contribution in [2.45, 2.75) is 6.10 Å². The zero-order valence-electron chi connectivity index (χ0n) is 21.8. The summed E-state index contributed by atoms with van der Waals surface area (Å²) in [6, 6.07) is 25.7. The van der Waals surface area contributed by atoms with E-state index in [0.29, 0.717) is 21.3 Å². The van der Waals surface area contributed by atoms with Gasteiger partial charge in [0.1, 0.15) is 5.69 Å². The molecular formula is C31H22BrN5O5. The van der Waals surface area contributed by atoms with Crippen molar-refractivity contribution in [2.75, 3.05) is 5.32 Å². The average molecular weight is 624 g/mol. The number of esters is 1. The second-order valence-electron chi connectivity index (χ2n) is 8.93. The van der Waals surface area contributed by atoms with Crippen LogP contribution >= 0.6 is 15.9 Å². The van der Waals surface area contributed by atoms with Crippen LogP contribution in [0.3, 0.4) is 0 Å². The summed E-state index contributed by atoms with van der Waals surface area (Å²) in [5.41, 5.74) is 3.43. The Morgan fingerprint density at radius 1 is 1.00 bits per heavy atom. The summed E-state index contributed by atoms with van der Waals surface area (Å²) in [6.45, 7) is 0. The number of nitro benzene ring substituents is 1. The molecule has 1 atom stereocenters. The Bertz CT molecular complexity index is 1760. The van der Waals surface area contributed by atoms with Crippen molar-refractivity contribution in [3.8, 4) is 16.9 Å². The van der Waals surface area contributed by atoms with Crippen LogP contribution in [0.4, 0.5) is 11.4 Å². The molecule has 0 aliphatic rings. The van der Waals surface area contributed by atoms with Crippen LogP contribution in [0.15, 0.2) is 120 Å². The number of carbonyl (C=O) groups excluding carboxylic acids is 2. The highest BCUT2D eigenvalue weighted by Crippen LogP contribution is 2.29. The van der Waals surface area contributed by atoms with E-state index in [4.69, 9.17) is 9.84 Å². The van der Waals surface area contributed by atoms with Gasteiger partial charge in [-0.05, 0) is 52.3 Å². The molecule has 0 saturated carbocycles. The molecule has 0 aliphatic carbocycles. The van der Waals surface area contributed by atoms with E-state index in [1.807, 2.05) is 36.4 Å². The molecule has 42 heavy (non-hydrogen) atoms. The summed E-state index contributed by atoms with van der Waals surface area (Å²) >= 11 is 3.25. The molecule has 5 rings (SSSR count). The summed E-state index contributed by atoms with van der Waals surface area (Å²) in [5.74, 6) is -1.39. The maximum atomic E-state index is 13.3. The van der Waals surface area contributed by atoms with E-state index in [1.54, 1.807) is 65.7 Å². The van der Waals surface area contributed by atoms with Crippen molar-refractivity contribution in [2.24, 2.45) is 0 Å². The van der Waals surface area contributed by atoms with Crippen LogP contribution in [-0.4, -0.2) is 31.6 Å². The van der Waals surface area contributed by atoms with Crippen molar-refractivity contribution in [3.63, 3.8) is 0 Å². The van der Waals surface area contributed by atoms with E-state index >= 15 is 0 Å². The number of nitrogens with one attached hydrogen (secondary N) is 1. The molecule has 0 spiro atoms. The van der Waals surface area contributed by atoms with Gasteiger partial charge in [0.2, 0.25) is 6.10 Å². The van der Waals surface area contributed by atoms with Gasteiger partial charge in [-0.3, -0.25) is 19.9 Å². The number of hydrogen-bond donors (Lipinski definition) is 1. The number of non-ortho nitro benzene ring substituents is 1. The fraction of sp³-hybridized carbons (Fsp3) is 0.0323. The number of halogens is 1. The zero-order chi connectivity index (χ0) is 29.5. The van der Waals surface area contributed by atoms with Gasteiger partial charge in [0.05, 0.1) is 16.3 Å². The second kappa shape index (κ2) is 12.8. The smallest absolute Gasteiger partial charge is 0.331 e. The third-order valence-electron chi connectivity index (χ3n) is 6.09. The molecule has 0 bridgehead atoms. The number of benzene rings is 3. The highest BCUT2D eigenvalue weighted by molar-refractivity contribution is 9.10. The summed E-state index contributed by atoms with van der Waals surface area (Å²) in [5, 5.41) is 18.4. The lowest BCUT2D eigenvalue weighted by atomic mass is 10.1. The number of nitrogens with zero attached hydrogens (tertiary/aromatic N) is 4. The molecule has 0 aliphatic heterocycles. The van der Waals surface area contributed by atoms with Crippen LogP contribution in [0.1, 0.15) is 17.2 Å². The molecule has 5 aromatic rings. The molecule has 208 valence electrons. The highest BCUT2D eigenvalue weighted by atomic mass is 79.9. The van der Waals surface area contributed by atoms with E-state index in [-0.39, 0.29) is 11.4 Å². The van der Waals surface area contributed by atoms with Crippen LogP contribution in [0, 0.1) is 10.1 Å². The Morgan fingerprint density at radius 2 is 1.74 bits per heavy atom. The van der Waals surface area contributed by atoms with E-state index < -0.39 is 22.9 Å². The van der Waals surface area contributed by atoms with Gasteiger partial charge in [0.15, 0.2) is 0 Å². The van der Waals surface area contributed by atoms with Crippen molar-refractivity contribution in [3.05, 3.63) is 141 Å². The summed E-state index contributed by atoms with van der Waals surface area (Å²) in [7, 11) is 0. The number of hydrogen-bond acceptors (Lipinski definition) is 7. The first-order chi connectivity index (χ1) is 20.4. The molecule has 2 aromatic heterocycles. The molecule has 1 N–H and O–H groups in total. The van der Waals surface area contributed by atoms with Gasteiger partial charge < -0.3 is 10.1 Å². The van der Waals surface area contributed by atoms with E-state index in [0.717, 1.165) is 11.3 Å². The number of carbonyl (C=O) groups is 2. The fourth-order valence-electron chi connectivity index (χ4n) is 4.08. The Kier molecular flexibility index (Phi) is 8.59. The number of pyridine rings is 1. The minimum absolute atomic E-state index is 0.141. The van der Waals surface area contributed by atoms with Gasteiger partial charge in [0.25, 0.3) is 11.6 Å². The van der Waals surface area contributed by atoms with Crippen molar-refractivity contribution < 1.29 is 19.2 Å². The normalized spacial score (nSPS) is 11.6. The predicted octanol–water partition coefficient (Wildman–Crippen LogP) is 6.54. The minimum atomic E-state index is -1.30. The monoisotopic (exact) mass is 623 g/mol. The summed E-state index contributed by atoms with van der Waals surface area (Å²) < 4.78 is 7.64. The number of rotatable bonds is 9. The lowest BCUT2D eigenvalue weighted by molar-refractivity contribution is -0.384. The first kappa shape index (κ1) is 28.1. The van der Waals surface area contributed by atoms with Crippen molar-refractivity contribution in [1.82, 2.24) is 14.8 Å². The molecule has 1 unspecified atom stereocenters. The van der Waals surface area contributed by atoms with Gasteiger partial charge in [-0.2, -0.15) is 5.10 Å². The Labute approximate surface area is 248 Å². The number of amides is 1. The van der Waals surface area contributed by atoms with E-state index in [2.05, 4.69) is 26.2 Å². The highest BCUT2D eigenvalue weighted by Gasteiger charge is 2.25. The zero-order valence-corrected chi connectivity index (χ0v) is 23.4. The first-order valence-corrected chi connectivity index (χ1v) is 13.4.